The molecule has 1 aromatic carbocycles. The minimum Gasteiger partial charge on any atom is -0.346 e. The fraction of sp³-hybridized carbons (Fsp3) is 0.412. The third-order valence-corrected chi connectivity index (χ3v) is 5.78. The van der Waals surface area contributed by atoms with Crippen LogP contribution in [0, 0.1) is 5.92 Å². The number of benzene rings is 1. The van der Waals surface area contributed by atoms with Gasteiger partial charge in [-0.05, 0) is 37.4 Å². The average Bonchev–Trinajstić information content (AvgIpc) is 3.07. The van der Waals surface area contributed by atoms with Crippen LogP contribution in [0.5, 0.6) is 0 Å². The van der Waals surface area contributed by atoms with Gasteiger partial charge in [0.15, 0.2) is 5.01 Å². The molecule has 4 nitrogen and oxygen atoms in total. The summed E-state index contributed by atoms with van der Waals surface area (Å²) >= 11 is 1.47. The van der Waals surface area contributed by atoms with Crippen molar-refractivity contribution in [3.63, 3.8) is 0 Å². The number of piperidine rings is 3. The Labute approximate surface area is 134 Å². The van der Waals surface area contributed by atoms with Gasteiger partial charge in [-0.1, -0.05) is 30.3 Å². The Kier molecular flexibility index (Phi) is 3.68. The van der Waals surface area contributed by atoms with Gasteiger partial charge in [-0.2, -0.15) is 0 Å². The number of fused-ring (bicyclic) bond motifs is 3. The smallest absolute Gasteiger partial charge is 0.280 e. The number of hydrogen-bond donors (Lipinski definition) is 1. The second-order valence-corrected chi connectivity index (χ2v) is 7.14. The summed E-state index contributed by atoms with van der Waals surface area (Å²) in [5.74, 6) is 0.619. The summed E-state index contributed by atoms with van der Waals surface area (Å²) in [6.07, 6.45) is 4.21. The van der Waals surface area contributed by atoms with E-state index in [1.54, 1.807) is 6.20 Å². The fourth-order valence-corrected chi connectivity index (χ4v) is 4.30. The van der Waals surface area contributed by atoms with E-state index in [0.717, 1.165) is 17.0 Å². The third kappa shape index (κ3) is 2.66. The van der Waals surface area contributed by atoms with E-state index in [4.69, 9.17) is 0 Å². The summed E-state index contributed by atoms with van der Waals surface area (Å²) in [5.41, 5.74) is 1.11. The predicted octanol–water partition coefficient (Wildman–Crippen LogP) is 2.63. The van der Waals surface area contributed by atoms with E-state index in [0.29, 0.717) is 17.0 Å². The van der Waals surface area contributed by atoms with E-state index < -0.39 is 0 Å². The number of carbonyl (C=O) groups excluding carboxylic acids is 1. The maximum Gasteiger partial charge on any atom is 0.280 e. The van der Waals surface area contributed by atoms with E-state index in [-0.39, 0.29) is 5.91 Å². The minimum atomic E-state index is -0.0223. The molecule has 1 aromatic heterocycles. The first-order chi connectivity index (χ1) is 10.8. The van der Waals surface area contributed by atoms with Crippen LogP contribution in [-0.2, 0) is 0 Å². The summed E-state index contributed by atoms with van der Waals surface area (Å²) in [7, 11) is 0. The van der Waals surface area contributed by atoms with Crippen LogP contribution in [0.4, 0.5) is 0 Å². The maximum absolute atomic E-state index is 12.5. The summed E-state index contributed by atoms with van der Waals surface area (Å²) in [4.78, 5) is 20.3. The molecule has 0 saturated carbocycles. The normalized spacial score (nSPS) is 26.8. The molecule has 114 valence electrons. The number of nitrogens with zero attached hydrogens (tertiary/aromatic N) is 2. The van der Waals surface area contributed by atoms with Gasteiger partial charge in [-0.25, -0.2) is 4.98 Å². The van der Waals surface area contributed by atoms with Crippen LogP contribution in [0.15, 0.2) is 36.5 Å². The number of hydrogen-bond acceptors (Lipinski definition) is 4. The van der Waals surface area contributed by atoms with Crippen molar-refractivity contribution in [2.75, 3.05) is 19.6 Å². The molecule has 0 aliphatic carbocycles. The van der Waals surface area contributed by atoms with Crippen LogP contribution in [0.3, 0.4) is 0 Å². The monoisotopic (exact) mass is 313 g/mol. The molecule has 1 atom stereocenters. The van der Waals surface area contributed by atoms with Gasteiger partial charge < -0.3 is 10.2 Å². The first-order valence-corrected chi connectivity index (χ1v) is 8.66. The first kappa shape index (κ1) is 13.9. The molecule has 4 heterocycles. The SMILES string of the molecule is O=C(N[C@H]1CN2CCC1CC2)c1ncc(-c2ccccc2)s1. The lowest BCUT2D eigenvalue weighted by atomic mass is 9.84. The Morgan fingerprint density at radius 2 is 2.00 bits per heavy atom. The lowest BCUT2D eigenvalue weighted by molar-refractivity contribution is 0.0620. The molecule has 22 heavy (non-hydrogen) atoms. The fourth-order valence-electron chi connectivity index (χ4n) is 3.47. The molecule has 5 heteroatoms. The van der Waals surface area contributed by atoms with Gasteiger partial charge in [0.2, 0.25) is 0 Å². The molecule has 3 aliphatic rings. The van der Waals surface area contributed by atoms with Crippen molar-refractivity contribution in [1.29, 1.82) is 0 Å². The standard InChI is InChI=1S/C17H19N3OS/c21-16(19-14-11-20-8-6-12(14)7-9-20)17-18-10-15(22-17)13-4-2-1-3-5-13/h1-5,10,12,14H,6-9,11H2,(H,19,21)/t14-/m0/s1. The zero-order valence-corrected chi connectivity index (χ0v) is 13.2. The van der Waals surface area contributed by atoms with Gasteiger partial charge in [0.05, 0.1) is 4.88 Å². The van der Waals surface area contributed by atoms with E-state index >= 15 is 0 Å². The first-order valence-electron chi connectivity index (χ1n) is 7.84. The Morgan fingerprint density at radius 1 is 1.23 bits per heavy atom. The van der Waals surface area contributed by atoms with Crippen molar-refractivity contribution in [2.24, 2.45) is 5.92 Å². The number of amides is 1. The van der Waals surface area contributed by atoms with Crippen molar-refractivity contribution >= 4 is 17.2 Å². The third-order valence-electron chi connectivity index (χ3n) is 4.73. The largest absolute Gasteiger partial charge is 0.346 e. The number of thiazole rings is 1. The van der Waals surface area contributed by atoms with Crippen molar-refractivity contribution in [1.82, 2.24) is 15.2 Å². The summed E-state index contributed by atoms with van der Waals surface area (Å²) in [6.45, 7) is 3.37. The highest BCUT2D eigenvalue weighted by Crippen LogP contribution is 2.29. The molecule has 0 spiro atoms. The highest BCUT2D eigenvalue weighted by Gasteiger charge is 2.35. The van der Waals surface area contributed by atoms with Crippen LogP contribution in [0.1, 0.15) is 22.6 Å². The van der Waals surface area contributed by atoms with E-state index in [9.17, 15) is 4.79 Å². The van der Waals surface area contributed by atoms with Crippen molar-refractivity contribution in [3.05, 3.63) is 41.5 Å². The lowest BCUT2D eigenvalue weighted by Gasteiger charge is -2.44. The Bertz CT molecular complexity index is 662. The van der Waals surface area contributed by atoms with Crippen LogP contribution < -0.4 is 5.32 Å². The van der Waals surface area contributed by atoms with Crippen molar-refractivity contribution in [2.45, 2.75) is 18.9 Å². The second-order valence-electron chi connectivity index (χ2n) is 6.11. The highest BCUT2D eigenvalue weighted by atomic mass is 32.1. The van der Waals surface area contributed by atoms with Gasteiger partial charge in [0.1, 0.15) is 0 Å². The Balaban J connectivity index is 1.46. The topological polar surface area (TPSA) is 45.2 Å². The summed E-state index contributed by atoms with van der Waals surface area (Å²) < 4.78 is 0. The van der Waals surface area contributed by atoms with E-state index in [1.807, 2.05) is 30.3 Å². The molecule has 0 radical (unpaired) electrons. The van der Waals surface area contributed by atoms with E-state index in [1.165, 1.54) is 37.3 Å². The molecule has 2 aromatic rings. The molecule has 2 bridgehead atoms. The van der Waals surface area contributed by atoms with Crippen LogP contribution in [-0.4, -0.2) is 41.5 Å². The zero-order valence-electron chi connectivity index (χ0n) is 12.4. The Hall–Kier alpha value is -1.72. The zero-order chi connectivity index (χ0) is 14.9. The number of nitrogens with one attached hydrogen (secondary N) is 1. The molecule has 5 rings (SSSR count). The summed E-state index contributed by atoms with van der Waals surface area (Å²) in [5, 5.41) is 3.76. The maximum atomic E-state index is 12.5. The van der Waals surface area contributed by atoms with Crippen molar-refractivity contribution < 1.29 is 4.79 Å². The molecular weight excluding hydrogens is 294 g/mol. The number of aromatic nitrogens is 1. The molecule has 0 unspecified atom stereocenters. The van der Waals surface area contributed by atoms with Crippen LogP contribution >= 0.6 is 11.3 Å². The quantitative estimate of drug-likeness (QED) is 0.947. The minimum absolute atomic E-state index is 0.0223. The van der Waals surface area contributed by atoms with Gasteiger partial charge in [0.25, 0.3) is 5.91 Å². The number of rotatable bonds is 3. The predicted molar refractivity (Wildman–Crippen MR) is 88.0 cm³/mol. The second kappa shape index (κ2) is 5.82. The Morgan fingerprint density at radius 3 is 2.68 bits per heavy atom. The highest BCUT2D eigenvalue weighted by molar-refractivity contribution is 7.16. The van der Waals surface area contributed by atoms with Crippen LogP contribution in [0.25, 0.3) is 10.4 Å². The summed E-state index contributed by atoms with van der Waals surface area (Å²) in [6, 6.07) is 10.4. The molecular formula is C17H19N3OS. The average molecular weight is 313 g/mol. The van der Waals surface area contributed by atoms with Gasteiger partial charge in [-0.15, -0.1) is 11.3 Å². The van der Waals surface area contributed by atoms with E-state index in [2.05, 4.69) is 15.2 Å². The molecule has 3 fully saturated rings. The van der Waals surface area contributed by atoms with Gasteiger partial charge in [0, 0.05) is 18.8 Å². The van der Waals surface area contributed by atoms with Gasteiger partial charge in [-0.3, -0.25) is 4.79 Å². The molecule has 3 aliphatic heterocycles. The molecule has 1 amide bonds. The number of carbonyl (C=O) groups is 1. The molecule has 3 saturated heterocycles. The van der Waals surface area contributed by atoms with Gasteiger partial charge >= 0.3 is 0 Å². The van der Waals surface area contributed by atoms with Crippen molar-refractivity contribution in [3.8, 4) is 10.4 Å². The van der Waals surface area contributed by atoms with Crippen LogP contribution in [0.2, 0.25) is 0 Å². The molecule has 1 N–H and O–H groups in total. The lowest BCUT2D eigenvalue weighted by Crippen LogP contribution is -2.57.